The normalized spacial score (nSPS) is 17.4. The number of anilines is 2. The number of nitrogens with two attached hydrogens (primary N) is 1. The van der Waals surface area contributed by atoms with E-state index in [1.165, 1.54) is 0 Å². The van der Waals surface area contributed by atoms with E-state index < -0.39 is 11.6 Å². The number of fused-ring (bicyclic) bond motifs is 4. The monoisotopic (exact) mass is 492 g/mol. The second-order valence-electron chi connectivity index (χ2n) is 9.07. The Labute approximate surface area is 204 Å². The minimum absolute atomic E-state index is 0.0987. The second kappa shape index (κ2) is 8.36. The maximum atomic E-state index is 16.3. The number of hydrogen-bond donors (Lipinski definition) is 1. The number of thiophene rings is 1. The van der Waals surface area contributed by atoms with Gasteiger partial charge in [-0.2, -0.15) is 5.26 Å². The van der Waals surface area contributed by atoms with Crippen molar-refractivity contribution in [3.63, 3.8) is 0 Å². The summed E-state index contributed by atoms with van der Waals surface area (Å²) in [6, 6.07) is 2.03. The Bertz CT molecular complexity index is 1550. The minimum Gasteiger partial charge on any atom is -0.389 e. The molecule has 0 unspecified atom stereocenters. The van der Waals surface area contributed by atoms with Crippen LogP contribution in [0, 0.1) is 28.9 Å². The van der Waals surface area contributed by atoms with Crippen LogP contribution in [0.4, 0.5) is 19.7 Å². The fourth-order valence-electron chi connectivity index (χ4n) is 5.35. The van der Waals surface area contributed by atoms with Gasteiger partial charge in [-0.05, 0) is 29.9 Å². The van der Waals surface area contributed by atoms with Crippen LogP contribution < -0.4 is 10.6 Å². The molecular formula is C25H22F2N6OS. The van der Waals surface area contributed by atoms with Crippen molar-refractivity contribution >= 4 is 43.3 Å². The number of halogens is 2. The van der Waals surface area contributed by atoms with Gasteiger partial charge in [0.1, 0.15) is 16.6 Å². The molecule has 178 valence electrons. The predicted molar refractivity (Wildman–Crippen MR) is 131 cm³/mol. The van der Waals surface area contributed by atoms with Crippen molar-refractivity contribution in [1.82, 2.24) is 15.0 Å². The van der Waals surface area contributed by atoms with Gasteiger partial charge in [0, 0.05) is 35.6 Å². The molecule has 2 aliphatic heterocycles. The summed E-state index contributed by atoms with van der Waals surface area (Å²) in [5, 5.41) is 10.7. The molecule has 4 aromatic rings. The zero-order valence-electron chi connectivity index (χ0n) is 19.1. The molecule has 0 saturated carbocycles. The number of pyridine rings is 1. The van der Waals surface area contributed by atoms with Crippen LogP contribution in [0.2, 0.25) is 0 Å². The number of aromatic nitrogens is 3. The number of nitriles is 1. The summed E-state index contributed by atoms with van der Waals surface area (Å²) in [5.74, 6) is -0.101. The summed E-state index contributed by atoms with van der Waals surface area (Å²) >= 11 is 0.959. The summed E-state index contributed by atoms with van der Waals surface area (Å²) in [6.07, 6.45) is 6.05. The largest absolute Gasteiger partial charge is 0.389 e. The Morgan fingerprint density at radius 1 is 1.26 bits per heavy atom. The van der Waals surface area contributed by atoms with Crippen molar-refractivity contribution in [2.24, 2.45) is 5.92 Å². The first-order valence-electron chi connectivity index (χ1n) is 11.6. The summed E-state index contributed by atoms with van der Waals surface area (Å²) in [4.78, 5) is 15.6. The average Bonchev–Trinajstić information content (AvgIpc) is 3.59. The van der Waals surface area contributed by atoms with Crippen molar-refractivity contribution in [2.45, 2.75) is 39.4 Å². The van der Waals surface area contributed by atoms with Gasteiger partial charge in [-0.1, -0.05) is 13.3 Å². The van der Waals surface area contributed by atoms with Crippen LogP contribution in [0.25, 0.3) is 32.2 Å². The molecule has 10 heteroatoms. The van der Waals surface area contributed by atoms with E-state index in [9.17, 15) is 9.65 Å². The van der Waals surface area contributed by atoms with Gasteiger partial charge in [-0.25, -0.2) is 18.7 Å². The molecule has 1 fully saturated rings. The third kappa shape index (κ3) is 3.33. The van der Waals surface area contributed by atoms with E-state index in [1.807, 2.05) is 6.07 Å². The van der Waals surface area contributed by atoms with E-state index in [0.29, 0.717) is 22.8 Å². The fourth-order valence-corrected chi connectivity index (χ4v) is 6.27. The quantitative estimate of drug-likeness (QED) is 0.413. The third-order valence-electron chi connectivity index (χ3n) is 7.00. The summed E-state index contributed by atoms with van der Waals surface area (Å²) in [6.45, 7) is 4.31. The van der Waals surface area contributed by atoms with Crippen molar-refractivity contribution in [3.05, 3.63) is 40.7 Å². The molecule has 3 aromatic heterocycles. The van der Waals surface area contributed by atoms with Gasteiger partial charge < -0.3 is 15.4 Å². The zero-order valence-corrected chi connectivity index (χ0v) is 19.9. The maximum absolute atomic E-state index is 16.3. The van der Waals surface area contributed by atoms with Crippen LogP contribution in [0.5, 0.6) is 0 Å². The number of ether oxygens (including phenoxy) is 1. The molecular weight excluding hydrogens is 470 g/mol. The number of benzene rings is 1. The van der Waals surface area contributed by atoms with Gasteiger partial charge >= 0.3 is 0 Å². The lowest BCUT2D eigenvalue weighted by Gasteiger charge is -2.18. The van der Waals surface area contributed by atoms with Crippen LogP contribution in [0.3, 0.4) is 0 Å². The Balaban J connectivity index is 1.59. The fraction of sp³-hybridized carbons (Fsp3) is 0.360. The Hall–Kier alpha value is -3.42. The first-order chi connectivity index (χ1) is 17.0. The first-order valence-corrected chi connectivity index (χ1v) is 12.4. The van der Waals surface area contributed by atoms with Crippen molar-refractivity contribution in [2.75, 3.05) is 23.7 Å². The van der Waals surface area contributed by atoms with Crippen molar-refractivity contribution < 1.29 is 13.5 Å². The van der Waals surface area contributed by atoms with Crippen LogP contribution in [0.15, 0.2) is 12.4 Å². The van der Waals surface area contributed by atoms with E-state index in [0.717, 1.165) is 55.4 Å². The predicted octanol–water partition coefficient (Wildman–Crippen LogP) is 5.30. The Morgan fingerprint density at radius 2 is 2.09 bits per heavy atom. The number of nitrogens with zero attached hydrogens (tertiary/aromatic N) is 5. The van der Waals surface area contributed by atoms with Crippen LogP contribution in [-0.4, -0.2) is 28.0 Å². The molecule has 1 atom stereocenters. The Morgan fingerprint density at radius 3 is 2.89 bits per heavy atom. The molecule has 0 spiro atoms. The van der Waals surface area contributed by atoms with E-state index in [-0.39, 0.29) is 50.6 Å². The number of nitrogen functional groups attached to an aromatic ring is 1. The SMILES string of the molecule is CCC[C@@H]1CCN(c2ncc3c4c(c(-c5ncc(F)c6sc(N)c(C#N)c56)c(F)c3n2)COC4)C1. The van der Waals surface area contributed by atoms with Gasteiger partial charge in [0.25, 0.3) is 0 Å². The molecule has 1 aromatic carbocycles. The van der Waals surface area contributed by atoms with Gasteiger partial charge in [0.2, 0.25) is 5.95 Å². The first kappa shape index (κ1) is 22.1. The lowest BCUT2D eigenvalue weighted by atomic mass is 9.94. The number of hydrogen-bond acceptors (Lipinski definition) is 8. The van der Waals surface area contributed by atoms with Crippen LogP contribution in [-0.2, 0) is 18.0 Å². The van der Waals surface area contributed by atoms with E-state index >= 15 is 4.39 Å². The Kier molecular flexibility index (Phi) is 5.27. The van der Waals surface area contributed by atoms with Crippen LogP contribution >= 0.6 is 11.3 Å². The average molecular weight is 493 g/mol. The summed E-state index contributed by atoms with van der Waals surface area (Å²) in [7, 11) is 0. The van der Waals surface area contributed by atoms with E-state index in [4.69, 9.17) is 10.5 Å². The smallest absolute Gasteiger partial charge is 0.225 e. The minimum atomic E-state index is -0.601. The van der Waals surface area contributed by atoms with Gasteiger partial charge in [0.05, 0.1) is 35.4 Å². The molecule has 6 rings (SSSR count). The molecule has 1 saturated heterocycles. The molecule has 0 aliphatic carbocycles. The number of rotatable bonds is 4. The van der Waals surface area contributed by atoms with Crippen molar-refractivity contribution in [3.8, 4) is 17.3 Å². The lowest BCUT2D eigenvalue weighted by molar-refractivity contribution is 0.135. The molecule has 2 aliphatic rings. The molecule has 0 bridgehead atoms. The molecule has 0 amide bonds. The summed E-state index contributed by atoms with van der Waals surface area (Å²) < 4.78 is 36.8. The third-order valence-corrected chi connectivity index (χ3v) is 8.03. The van der Waals surface area contributed by atoms with Gasteiger partial charge in [0.15, 0.2) is 11.6 Å². The highest BCUT2D eigenvalue weighted by Gasteiger charge is 2.31. The maximum Gasteiger partial charge on any atom is 0.225 e. The second-order valence-corrected chi connectivity index (χ2v) is 10.1. The highest BCUT2D eigenvalue weighted by atomic mass is 32.1. The molecule has 35 heavy (non-hydrogen) atoms. The lowest BCUT2D eigenvalue weighted by Crippen LogP contribution is -2.22. The standard InChI is InChI=1S/C25H22F2N6OS/c1-2-3-12-4-5-33(9-12)25-31-7-14-15-10-34-11-16(15)18(20(27)21(14)32-25)22-19-13(6-28)24(29)35-23(19)17(26)8-30-22/h7-8,12H,2-5,9-11,29H2,1H3/t12-/m1/s1. The van der Waals surface area contributed by atoms with Crippen LogP contribution in [0.1, 0.15) is 42.9 Å². The van der Waals surface area contributed by atoms with E-state index in [1.54, 1.807) is 6.20 Å². The topological polar surface area (TPSA) is 101 Å². The highest BCUT2D eigenvalue weighted by Crippen LogP contribution is 2.45. The van der Waals surface area contributed by atoms with Gasteiger partial charge in [-0.3, -0.25) is 4.98 Å². The molecule has 7 nitrogen and oxygen atoms in total. The van der Waals surface area contributed by atoms with E-state index in [2.05, 4.69) is 26.8 Å². The zero-order chi connectivity index (χ0) is 24.3. The highest BCUT2D eigenvalue weighted by molar-refractivity contribution is 7.23. The van der Waals surface area contributed by atoms with Gasteiger partial charge in [-0.15, -0.1) is 11.3 Å². The van der Waals surface area contributed by atoms with Crippen molar-refractivity contribution in [1.29, 1.82) is 5.26 Å². The summed E-state index contributed by atoms with van der Waals surface area (Å²) in [5.41, 5.74) is 8.03. The molecule has 0 radical (unpaired) electrons. The molecule has 2 N–H and O–H groups in total. The molecule has 5 heterocycles.